The Hall–Kier alpha value is -2.06. The quantitative estimate of drug-likeness (QED) is 0.834. The van der Waals surface area contributed by atoms with Crippen molar-refractivity contribution in [3.05, 3.63) is 18.0 Å². The number of hydrogen-bond acceptors (Lipinski definition) is 3. The zero-order valence-electron chi connectivity index (χ0n) is 11.5. The van der Waals surface area contributed by atoms with Crippen LogP contribution in [0.4, 0.5) is 13.2 Å². The summed E-state index contributed by atoms with van der Waals surface area (Å²) in [6.07, 6.45) is -3.34. The fourth-order valence-electron chi connectivity index (χ4n) is 1.68. The van der Waals surface area contributed by atoms with Crippen molar-refractivity contribution < 1.29 is 27.9 Å². The summed E-state index contributed by atoms with van der Waals surface area (Å²) in [5.41, 5.74) is -1.10. The van der Waals surface area contributed by atoms with Gasteiger partial charge in [-0.2, -0.15) is 18.3 Å². The number of amides is 1. The van der Waals surface area contributed by atoms with E-state index in [0.29, 0.717) is 0 Å². The molecule has 1 amide bonds. The Labute approximate surface area is 118 Å². The fourth-order valence-corrected chi connectivity index (χ4v) is 1.68. The van der Waals surface area contributed by atoms with Crippen molar-refractivity contribution in [2.75, 3.05) is 0 Å². The number of nitrogens with one attached hydrogen (secondary N) is 1. The van der Waals surface area contributed by atoms with Gasteiger partial charge in [-0.25, -0.2) is 4.79 Å². The molecule has 2 N–H and O–H groups in total. The maximum atomic E-state index is 12.3. The lowest BCUT2D eigenvalue weighted by Crippen LogP contribution is -2.43. The topological polar surface area (TPSA) is 84.2 Å². The highest BCUT2D eigenvalue weighted by atomic mass is 19.4. The molecule has 0 aromatic carbocycles. The lowest BCUT2D eigenvalue weighted by atomic mass is 10.0. The van der Waals surface area contributed by atoms with Gasteiger partial charge < -0.3 is 10.4 Å². The van der Waals surface area contributed by atoms with E-state index in [9.17, 15) is 22.8 Å². The van der Waals surface area contributed by atoms with E-state index in [2.05, 4.69) is 10.4 Å². The van der Waals surface area contributed by atoms with Crippen LogP contribution in [0.25, 0.3) is 0 Å². The molecule has 0 radical (unpaired) electrons. The van der Waals surface area contributed by atoms with Crippen LogP contribution in [0.1, 0.15) is 26.0 Å². The van der Waals surface area contributed by atoms with E-state index in [-0.39, 0.29) is 12.3 Å². The Morgan fingerprint density at radius 1 is 1.43 bits per heavy atom. The maximum Gasteiger partial charge on any atom is 0.435 e. The Balaban J connectivity index is 2.64. The number of carbonyl (C=O) groups excluding carboxylic acids is 1. The van der Waals surface area contributed by atoms with Crippen molar-refractivity contribution in [2.45, 2.75) is 39.0 Å². The average molecular weight is 307 g/mol. The summed E-state index contributed by atoms with van der Waals surface area (Å²) in [4.78, 5) is 22.6. The molecule has 1 rings (SSSR count). The van der Waals surface area contributed by atoms with Crippen LogP contribution in [-0.4, -0.2) is 32.8 Å². The summed E-state index contributed by atoms with van der Waals surface area (Å²) in [6, 6.07) is -0.328. The first-order valence-corrected chi connectivity index (χ1v) is 6.22. The molecule has 1 aromatic heterocycles. The van der Waals surface area contributed by atoms with Crippen LogP contribution in [0.3, 0.4) is 0 Å². The second kappa shape index (κ2) is 6.59. The summed E-state index contributed by atoms with van der Waals surface area (Å²) in [6.45, 7) is 3.12. The van der Waals surface area contributed by atoms with Crippen LogP contribution in [0.2, 0.25) is 0 Å². The predicted molar refractivity (Wildman–Crippen MR) is 66.3 cm³/mol. The maximum absolute atomic E-state index is 12.3. The number of rotatable bonds is 6. The Kier molecular flexibility index (Phi) is 5.34. The molecule has 0 unspecified atom stereocenters. The monoisotopic (exact) mass is 307 g/mol. The van der Waals surface area contributed by atoms with Gasteiger partial charge >= 0.3 is 12.1 Å². The second-order valence-corrected chi connectivity index (χ2v) is 4.98. The Morgan fingerprint density at radius 2 is 2.05 bits per heavy atom. The zero-order valence-corrected chi connectivity index (χ0v) is 11.5. The van der Waals surface area contributed by atoms with Gasteiger partial charge in [0, 0.05) is 6.20 Å². The number of aromatic nitrogens is 2. The van der Waals surface area contributed by atoms with E-state index >= 15 is 0 Å². The number of nitrogens with zero attached hydrogens (tertiary/aromatic N) is 2. The summed E-state index contributed by atoms with van der Waals surface area (Å²) in [5, 5.41) is 14.4. The molecular formula is C12H16F3N3O3. The van der Waals surface area contributed by atoms with E-state index in [1.54, 1.807) is 13.8 Å². The van der Waals surface area contributed by atoms with Crippen molar-refractivity contribution in [1.82, 2.24) is 15.1 Å². The van der Waals surface area contributed by atoms with Crippen LogP contribution in [0.15, 0.2) is 12.3 Å². The van der Waals surface area contributed by atoms with Gasteiger partial charge in [-0.15, -0.1) is 0 Å². The molecule has 0 bridgehead atoms. The lowest BCUT2D eigenvalue weighted by molar-refractivity contribution is -0.142. The summed E-state index contributed by atoms with van der Waals surface area (Å²) < 4.78 is 37.8. The minimum atomic E-state index is -4.58. The standard InChI is InChI=1S/C12H16F3N3O3/c1-7(2)5-8(11(20)21)16-10(19)6-18-4-3-9(17-18)12(13,14)15/h3-4,7-8H,5-6H2,1-2H3,(H,16,19)(H,20,21)/t8-/m1/s1. The first-order valence-electron chi connectivity index (χ1n) is 6.22. The van der Waals surface area contributed by atoms with Gasteiger partial charge in [0.15, 0.2) is 5.69 Å². The number of carboxylic acids is 1. The molecule has 6 nitrogen and oxygen atoms in total. The summed E-state index contributed by atoms with van der Waals surface area (Å²) in [7, 11) is 0. The molecule has 9 heteroatoms. The number of halogens is 3. The summed E-state index contributed by atoms with van der Waals surface area (Å²) >= 11 is 0. The minimum absolute atomic E-state index is 0.0490. The normalized spacial score (nSPS) is 13.2. The first kappa shape index (κ1) is 17.0. The van der Waals surface area contributed by atoms with Crippen LogP contribution in [0, 0.1) is 5.92 Å². The Morgan fingerprint density at radius 3 is 2.48 bits per heavy atom. The van der Waals surface area contributed by atoms with Gasteiger partial charge in [-0.3, -0.25) is 9.48 Å². The third kappa shape index (κ3) is 5.44. The van der Waals surface area contributed by atoms with E-state index in [1.165, 1.54) is 0 Å². The fraction of sp³-hybridized carbons (Fsp3) is 0.583. The highest BCUT2D eigenvalue weighted by Gasteiger charge is 2.33. The zero-order chi connectivity index (χ0) is 16.2. The Bertz CT molecular complexity index is 511. The molecule has 0 saturated heterocycles. The van der Waals surface area contributed by atoms with E-state index < -0.39 is 36.3 Å². The predicted octanol–water partition coefficient (Wildman–Crippen LogP) is 1.52. The smallest absolute Gasteiger partial charge is 0.435 e. The van der Waals surface area contributed by atoms with E-state index in [1.807, 2.05) is 0 Å². The molecule has 0 spiro atoms. The average Bonchev–Trinajstić information content (AvgIpc) is 2.75. The molecule has 118 valence electrons. The van der Waals surface area contributed by atoms with Gasteiger partial charge in [-0.1, -0.05) is 13.8 Å². The van der Waals surface area contributed by atoms with Gasteiger partial charge in [0.2, 0.25) is 5.91 Å². The number of alkyl halides is 3. The molecule has 21 heavy (non-hydrogen) atoms. The lowest BCUT2D eigenvalue weighted by Gasteiger charge is -2.16. The van der Waals surface area contributed by atoms with Crippen LogP contribution >= 0.6 is 0 Å². The van der Waals surface area contributed by atoms with Crippen LogP contribution < -0.4 is 5.32 Å². The molecule has 0 aliphatic carbocycles. The van der Waals surface area contributed by atoms with E-state index in [4.69, 9.17) is 5.11 Å². The number of aliphatic carboxylic acids is 1. The third-order valence-corrected chi connectivity index (χ3v) is 2.58. The second-order valence-electron chi connectivity index (χ2n) is 4.98. The van der Waals surface area contributed by atoms with Gasteiger partial charge in [0.25, 0.3) is 0 Å². The highest BCUT2D eigenvalue weighted by molar-refractivity contribution is 5.83. The summed E-state index contributed by atoms with van der Waals surface area (Å²) in [5.74, 6) is -1.85. The van der Waals surface area contributed by atoms with Crippen molar-refractivity contribution in [3.8, 4) is 0 Å². The SMILES string of the molecule is CC(C)C[C@@H](NC(=O)Cn1ccc(C(F)(F)F)n1)C(=O)O. The number of carboxylic acid groups (broad SMARTS) is 1. The van der Waals surface area contributed by atoms with Gasteiger partial charge in [0.1, 0.15) is 12.6 Å². The van der Waals surface area contributed by atoms with E-state index in [0.717, 1.165) is 16.9 Å². The largest absolute Gasteiger partial charge is 0.480 e. The molecule has 0 aliphatic rings. The molecule has 1 heterocycles. The molecule has 1 atom stereocenters. The molecule has 0 fully saturated rings. The molecule has 1 aromatic rings. The van der Waals surface area contributed by atoms with Crippen molar-refractivity contribution in [1.29, 1.82) is 0 Å². The third-order valence-electron chi connectivity index (χ3n) is 2.58. The molecule has 0 saturated carbocycles. The van der Waals surface area contributed by atoms with Crippen LogP contribution in [0.5, 0.6) is 0 Å². The molecule has 0 aliphatic heterocycles. The van der Waals surface area contributed by atoms with Gasteiger partial charge in [-0.05, 0) is 18.4 Å². The minimum Gasteiger partial charge on any atom is -0.480 e. The molecular weight excluding hydrogens is 291 g/mol. The number of hydrogen-bond donors (Lipinski definition) is 2. The van der Waals surface area contributed by atoms with Crippen molar-refractivity contribution in [2.24, 2.45) is 5.92 Å². The van der Waals surface area contributed by atoms with Crippen molar-refractivity contribution in [3.63, 3.8) is 0 Å². The van der Waals surface area contributed by atoms with Crippen LogP contribution in [-0.2, 0) is 22.3 Å². The highest BCUT2D eigenvalue weighted by Crippen LogP contribution is 2.27. The van der Waals surface area contributed by atoms with Crippen molar-refractivity contribution >= 4 is 11.9 Å². The number of carbonyl (C=O) groups is 2. The van der Waals surface area contributed by atoms with Gasteiger partial charge in [0.05, 0.1) is 0 Å². The first-order chi connectivity index (χ1) is 9.59.